The summed E-state index contributed by atoms with van der Waals surface area (Å²) in [6.45, 7) is 6.34. The number of benzene rings is 1. The number of amides is 1. The van der Waals surface area contributed by atoms with Crippen LogP contribution in [0.5, 0.6) is 5.75 Å². The van der Waals surface area contributed by atoms with E-state index in [1.165, 1.54) is 12.5 Å². The molecular formula is C27H33N3O5S. The number of hydrogen-bond acceptors (Lipinski definition) is 7. The van der Waals surface area contributed by atoms with Crippen molar-refractivity contribution in [1.29, 1.82) is 0 Å². The van der Waals surface area contributed by atoms with Crippen LogP contribution in [0, 0.1) is 5.92 Å². The molecule has 2 aromatic heterocycles. The van der Waals surface area contributed by atoms with Crippen LogP contribution >= 0.6 is 11.3 Å². The molecule has 2 aliphatic rings. The van der Waals surface area contributed by atoms with Crippen molar-refractivity contribution in [3.05, 3.63) is 52.2 Å². The molecule has 4 heterocycles. The van der Waals surface area contributed by atoms with Crippen molar-refractivity contribution in [3.63, 3.8) is 0 Å². The van der Waals surface area contributed by atoms with Gasteiger partial charge in [0.2, 0.25) is 0 Å². The predicted molar refractivity (Wildman–Crippen MR) is 138 cm³/mol. The van der Waals surface area contributed by atoms with E-state index in [9.17, 15) is 15.0 Å². The first kappa shape index (κ1) is 25.0. The molecule has 0 saturated carbocycles. The highest BCUT2D eigenvalue weighted by Gasteiger charge is 2.36. The van der Waals surface area contributed by atoms with Crippen molar-refractivity contribution in [2.24, 2.45) is 5.92 Å². The molecule has 192 valence electrons. The Labute approximate surface area is 215 Å². The summed E-state index contributed by atoms with van der Waals surface area (Å²) in [5.41, 5.74) is 4.76. The van der Waals surface area contributed by atoms with Gasteiger partial charge in [0.15, 0.2) is 11.5 Å². The third-order valence-corrected chi connectivity index (χ3v) is 7.59. The highest BCUT2D eigenvalue weighted by atomic mass is 32.1. The zero-order valence-electron chi connectivity index (χ0n) is 21.2. The highest BCUT2D eigenvalue weighted by molar-refractivity contribution is 7.13. The van der Waals surface area contributed by atoms with Crippen LogP contribution in [0.4, 0.5) is 0 Å². The van der Waals surface area contributed by atoms with Gasteiger partial charge in [-0.2, -0.15) is 0 Å². The number of aromatic nitrogens is 2. The van der Waals surface area contributed by atoms with Crippen molar-refractivity contribution in [2.75, 3.05) is 20.2 Å². The summed E-state index contributed by atoms with van der Waals surface area (Å²) < 4.78 is 13.2. The molecule has 1 unspecified atom stereocenters. The molecule has 5 rings (SSSR count). The van der Waals surface area contributed by atoms with Gasteiger partial charge in [-0.1, -0.05) is 19.9 Å². The van der Waals surface area contributed by atoms with Gasteiger partial charge >= 0.3 is 0 Å². The number of ether oxygens (including phenoxy) is 2. The number of nitrogens with zero attached hydrogens (tertiary/aromatic N) is 3. The van der Waals surface area contributed by atoms with Crippen molar-refractivity contribution in [3.8, 4) is 22.1 Å². The zero-order valence-corrected chi connectivity index (χ0v) is 22.0. The van der Waals surface area contributed by atoms with Gasteiger partial charge in [0.1, 0.15) is 5.75 Å². The zero-order chi connectivity index (χ0) is 25.6. The first-order valence-corrected chi connectivity index (χ1v) is 13.3. The number of likely N-dealkylation sites (tertiary alicyclic amines) is 1. The van der Waals surface area contributed by atoms with Gasteiger partial charge in [0, 0.05) is 20.0 Å². The smallest absolute Gasteiger partial charge is 0.275 e. The number of imidazole rings is 1. The third kappa shape index (κ3) is 4.80. The summed E-state index contributed by atoms with van der Waals surface area (Å²) in [6, 6.07) is 8.37. The molecule has 9 heteroatoms. The number of aliphatic hydroxyl groups is 2. The Morgan fingerprint density at radius 1 is 1.31 bits per heavy atom. The van der Waals surface area contributed by atoms with Gasteiger partial charge in [0.25, 0.3) is 11.9 Å². The fourth-order valence-electron chi connectivity index (χ4n) is 5.27. The Kier molecular flexibility index (Phi) is 6.67. The summed E-state index contributed by atoms with van der Waals surface area (Å²) >= 11 is 1.60. The van der Waals surface area contributed by atoms with Crippen LogP contribution in [0.2, 0.25) is 0 Å². The second-order valence-corrected chi connectivity index (χ2v) is 11.1. The molecule has 2 aliphatic heterocycles. The second kappa shape index (κ2) is 9.63. The number of carbonyl (C=O) groups is 1. The minimum atomic E-state index is -2.22. The molecule has 8 nitrogen and oxygen atoms in total. The maximum absolute atomic E-state index is 13.7. The molecular weight excluding hydrogens is 478 g/mol. The highest BCUT2D eigenvalue weighted by Crippen LogP contribution is 2.38. The minimum Gasteiger partial charge on any atom is -0.496 e. The first-order chi connectivity index (χ1) is 17.1. The summed E-state index contributed by atoms with van der Waals surface area (Å²) in [6.07, 6.45) is 2.49. The Balaban J connectivity index is 1.57. The number of thiophene rings is 1. The molecule has 0 bridgehead atoms. The van der Waals surface area contributed by atoms with E-state index in [-0.39, 0.29) is 5.91 Å². The number of aryl methyl sites for hydroxylation is 1. The molecule has 36 heavy (non-hydrogen) atoms. The summed E-state index contributed by atoms with van der Waals surface area (Å²) in [4.78, 5) is 21.3. The lowest BCUT2D eigenvalue weighted by atomic mass is 9.94. The third-order valence-electron chi connectivity index (χ3n) is 6.72. The predicted octanol–water partition coefficient (Wildman–Crippen LogP) is 3.80. The monoisotopic (exact) mass is 511 g/mol. The number of carbonyl (C=O) groups excluding carboxylic acids is 1. The van der Waals surface area contributed by atoms with Gasteiger partial charge in [0.05, 0.1) is 29.5 Å². The van der Waals surface area contributed by atoms with Crippen LogP contribution in [0.1, 0.15) is 54.5 Å². The van der Waals surface area contributed by atoms with E-state index in [4.69, 9.17) is 14.5 Å². The topological polar surface area (TPSA) is 97.1 Å². The Morgan fingerprint density at radius 3 is 2.78 bits per heavy atom. The van der Waals surface area contributed by atoms with Crippen LogP contribution in [0.3, 0.4) is 0 Å². The van der Waals surface area contributed by atoms with E-state index in [0.717, 1.165) is 46.2 Å². The summed E-state index contributed by atoms with van der Waals surface area (Å²) in [5.74, 6) is -0.216. The van der Waals surface area contributed by atoms with Crippen molar-refractivity contribution >= 4 is 17.2 Å². The molecule has 2 N–H and O–H groups in total. The molecule has 0 spiro atoms. The lowest BCUT2D eigenvalue weighted by molar-refractivity contribution is -0.340. The second-order valence-electron chi connectivity index (χ2n) is 10.1. The number of rotatable bonds is 7. The fraction of sp³-hybridized carbons (Fsp3) is 0.481. The number of hydrogen-bond donors (Lipinski definition) is 2. The van der Waals surface area contributed by atoms with E-state index in [1.807, 2.05) is 17.5 Å². The van der Waals surface area contributed by atoms with E-state index >= 15 is 0 Å². The molecule has 0 radical (unpaired) electrons. The van der Waals surface area contributed by atoms with Crippen LogP contribution < -0.4 is 4.74 Å². The minimum absolute atomic E-state index is 0.149. The van der Waals surface area contributed by atoms with Crippen LogP contribution in [-0.4, -0.2) is 62.8 Å². The van der Waals surface area contributed by atoms with Gasteiger partial charge < -0.3 is 24.6 Å². The first-order valence-electron chi connectivity index (χ1n) is 12.4. The van der Waals surface area contributed by atoms with E-state index in [2.05, 4.69) is 30.5 Å². The maximum atomic E-state index is 13.7. The number of fused-ring (bicyclic) bond motifs is 3. The SMILES string of the molecule is COc1cc2c(cc1CC(C)C)-n1c(-c3cccs3)nc(C(=O)N3CCC(OC(C)(O)O)C3)c1CC2. The quantitative estimate of drug-likeness (QED) is 0.469. The lowest BCUT2D eigenvalue weighted by Crippen LogP contribution is -2.36. The number of methoxy groups -OCH3 is 1. The molecule has 1 aromatic carbocycles. The molecule has 1 atom stereocenters. The standard InChI is InChI=1S/C27H33N3O5S/c1-16(2)12-18-13-21-17(14-22(18)34-4)7-8-20-24(28-25(30(20)21)23-6-5-11-36-23)26(31)29-10-9-19(15-29)35-27(3,32)33/h5-6,11,13-14,16,19,32-33H,7-10,12,15H2,1-4H3. The molecule has 0 aliphatic carbocycles. The van der Waals surface area contributed by atoms with Gasteiger partial charge in [-0.15, -0.1) is 11.3 Å². The summed E-state index contributed by atoms with van der Waals surface area (Å²) in [5, 5.41) is 21.2. The molecule has 1 fully saturated rings. The van der Waals surface area contributed by atoms with Crippen molar-refractivity contribution in [1.82, 2.24) is 14.5 Å². The van der Waals surface area contributed by atoms with Crippen LogP contribution in [0.25, 0.3) is 16.4 Å². The maximum Gasteiger partial charge on any atom is 0.275 e. The molecule has 1 saturated heterocycles. The van der Waals surface area contributed by atoms with Crippen molar-refractivity contribution in [2.45, 2.75) is 58.5 Å². The molecule has 3 aromatic rings. The average Bonchev–Trinajstić information content (AvgIpc) is 3.56. The summed E-state index contributed by atoms with van der Waals surface area (Å²) in [7, 11) is 1.72. The van der Waals surface area contributed by atoms with Crippen LogP contribution in [-0.2, 0) is 24.0 Å². The normalized spacial score (nSPS) is 17.4. The van der Waals surface area contributed by atoms with Gasteiger partial charge in [-0.25, -0.2) is 4.98 Å². The lowest BCUT2D eigenvalue weighted by Gasteiger charge is -2.24. The fourth-order valence-corrected chi connectivity index (χ4v) is 5.97. The van der Waals surface area contributed by atoms with Gasteiger partial charge in [-0.3, -0.25) is 9.36 Å². The van der Waals surface area contributed by atoms with Gasteiger partial charge in [-0.05, 0) is 66.3 Å². The molecule has 1 amide bonds. The Morgan fingerprint density at radius 2 is 2.11 bits per heavy atom. The van der Waals surface area contributed by atoms with E-state index in [0.29, 0.717) is 37.5 Å². The van der Waals surface area contributed by atoms with Crippen LogP contribution in [0.15, 0.2) is 29.6 Å². The Hall–Kier alpha value is -2.72. The van der Waals surface area contributed by atoms with E-state index in [1.54, 1.807) is 23.3 Å². The van der Waals surface area contributed by atoms with E-state index < -0.39 is 12.1 Å². The largest absolute Gasteiger partial charge is 0.496 e. The average molecular weight is 512 g/mol. The Bertz CT molecular complexity index is 1260. The van der Waals surface area contributed by atoms with Crippen molar-refractivity contribution < 1.29 is 24.5 Å².